The monoisotopic (exact) mass is 444 g/mol. The third kappa shape index (κ3) is 2.14. The highest BCUT2D eigenvalue weighted by Crippen LogP contribution is 2.49. The van der Waals surface area contributed by atoms with E-state index in [2.05, 4.69) is 101 Å². The molecule has 2 aromatic heterocycles. The molecule has 0 saturated carbocycles. The molecule has 5 aromatic carbocycles. The Morgan fingerprint density at radius 1 is 0.514 bits per heavy atom. The maximum absolute atomic E-state index is 5.24. The molecule has 7 aromatic rings. The lowest BCUT2D eigenvalue weighted by Crippen LogP contribution is -1.96. The molecule has 0 fully saturated rings. The number of pyridine rings is 1. The minimum Gasteiger partial charge on any atom is -0.292 e. The molecule has 2 aliphatic rings. The van der Waals surface area contributed by atoms with Gasteiger partial charge in [0.05, 0.1) is 16.6 Å². The number of hydrogen-bond donors (Lipinski definition) is 0. The van der Waals surface area contributed by atoms with Crippen molar-refractivity contribution in [2.75, 3.05) is 0 Å². The number of hydrogen-bond acceptors (Lipinski definition) is 1. The molecular weight excluding hydrogens is 424 g/mol. The van der Waals surface area contributed by atoms with Crippen molar-refractivity contribution in [2.45, 2.75) is 12.8 Å². The largest absolute Gasteiger partial charge is 0.292 e. The summed E-state index contributed by atoms with van der Waals surface area (Å²) in [4.78, 5) is 5.24. The predicted molar refractivity (Wildman–Crippen MR) is 144 cm³/mol. The summed E-state index contributed by atoms with van der Waals surface area (Å²) in [6, 6.07) is 35.7. The molecule has 0 aliphatic heterocycles. The summed E-state index contributed by atoms with van der Waals surface area (Å²) in [5.74, 6) is 0. The lowest BCUT2D eigenvalue weighted by Gasteiger charge is -2.16. The highest BCUT2D eigenvalue weighted by atomic mass is 15.0. The molecule has 35 heavy (non-hydrogen) atoms. The minimum absolute atomic E-state index is 0.988. The lowest BCUT2D eigenvalue weighted by molar-refractivity contribution is 1.26. The molecule has 2 aliphatic carbocycles. The van der Waals surface area contributed by atoms with Crippen LogP contribution in [0.4, 0.5) is 0 Å². The number of aromatic nitrogens is 2. The van der Waals surface area contributed by atoms with Gasteiger partial charge in [0.25, 0.3) is 0 Å². The summed E-state index contributed by atoms with van der Waals surface area (Å²) in [5, 5.41) is 3.95. The third-order valence-electron chi connectivity index (χ3n) is 8.19. The Labute approximate surface area is 202 Å². The van der Waals surface area contributed by atoms with Gasteiger partial charge in [-0.25, -0.2) is 4.98 Å². The highest BCUT2D eigenvalue weighted by Gasteiger charge is 2.28. The van der Waals surface area contributed by atoms with Crippen LogP contribution in [0.15, 0.2) is 97.1 Å². The summed E-state index contributed by atoms with van der Waals surface area (Å²) >= 11 is 0. The zero-order chi connectivity index (χ0) is 22.7. The van der Waals surface area contributed by atoms with Crippen molar-refractivity contribution in [1.82, 2.24) is 9.38 Å². The van der Waals surface area contributed by atoms with Gasteiger partial charge in [-0.15, -0.1) is 0 Å². The molecular formula is C33H20N2. The Morgan fingerprint density at radius 2 is 1.14 bits per heavy atom. The number of fused-ring (bicyclic) bond motifs is 16. The molecule has 2 nitrogen and oxygen atoms in total. The minimum atomic E-state index is 0.988. The van der Waals surface area contributed by atoms with Gasteiger partial charge in [0.2, 0.25) is 0 Å². The highest BCUT2D eigenvalue weighted by molar-refractivity contribution is 6.23. The predicted octanol–water partition coefficient (Wildman–Crippen LogP) is 7.94. The first-order valence-corrected chi connectivity index (χ1v) is 12.3. The average Bonchev–Trinajstić information content (AvgIpc) is 3.59. The number of para-hydroxylation sites is 2. The Balaban J connectivity index is 1.61. The molecule has 162 valence electrons. The maximum Gasteiger partial charge on any atom is 0.147 e. The van der Waals surface area contributed by atoms with Gasteiger partial charge in [-0.3, -0.25) is 4.40 Å². The van der Waals surface area contributed by atoms with E-state index >= 15 is 0 Å². The fraction of sp³-hybridized carbons (Fsp3) is 0.0606. The van der Waals surface area contributed by atoms with Gasteiger partial charge in [-0.2, -0.15) is 0 Å². The zero-order valence-corrected chi connectivity index (χ0v) is 19.0. The van der Waals surface area contributed by atoms with Crippen LogP contribution in [0.2, 0.25) is 0 Å². The molecule has 0 saturated heterocycles. The Morgan fingerprint density at radius 3 is 1.91 bits per heavy atom. The summed E-state index contributed by atoms with van der Waals surface area (Å²) < 4.78 is 2.41. The van der Waals surface area contributed by atoms with E-state index in [1.165, 1.54) is 71.7 Å². The van der Waals surface area contributed by atoms with E-state index in [0.717, 1.165) is 24.0 Å². The van der Waals surface area contributed by atoms with Gasteiger partial charge in [0, 0.05) is 10.8 Å². The van der Waals surface area contributed by atoms with Gasteiger partial charge in [0.15, 0.2) is 0 Å². The van der Waals surface area contributed by atoms with Crippen LogP contribution in [0, 0.1) is 0 Å². The molecule has 0 atom stereocenters. The fourth-order valence-corrected chi connectivity index (χ4v) is 6.77. The smallest absolute Gasteiger partial charge is 0.147 e. The molecule has 0 radical (unpaired) electrons. The van der Waals surface area contributed by atoms with Crippen molar-refractivity contribution in [3.05, 3.63) is 119 Å². The second kappa shape index (κ2) is 6.17. The van der Waals surface area contributed by atoms with Crippen LogP contribution in [0.25, 0.3) is 60.6 Å². The van der Waals surface area contributed by atoms with Crippen molar-refractivity contribution in [3.8, 4) is 22.3 Å². The second-order valence-electron chi connectivity index (χ2n) is 9.94. The standard InChI is InChI=1S/C33H20N2/c1-3-9-23-19(7-1)18-22-14-16-28-31(29(22)23)25-15-13-21-17-20-8-2-4-10-24(20)30(21)32(25)33-34-26-11-5-6-12-27(26)35(28)33/h1-16H,17-18H2. The molecule has 0 amide bonds. The maximum atomic E-state index is 5.24. The molecule has 0 unspecified atom stereocenters. The van der Waals surface area contributed by atoms with Gasteiger partial charge < -0.3 is 0 Å². The van der Waals surface area contributed by atoms with Crippen LogP contribution >= 0.6 is 0 Å². The summed E-state index contributed by atoms with van der Waals surface area (Å²) in [6.07, 6.45) is 1.99. The molecule has 2 heteroatoms. The van der Waals surface area contributed by atoms with Gasteiger partial charge in [0.1, 0.15) is 5.65 Å². The van der Waals surface area contributed by atoms with Crippen molar-refractivity contribution in [2.24, 2.45) is 0 Å². The topological polar surface area (TPSA) is 17.3 Å². The molecule has 2 heterocycles. The Hall–Kier alpha value is -4.43. The van der Waals surface area contributed by atoms with E-state index in [1.54, 1.807) is 0 Å². The summed E-state index contributed by atoms with van der Waals surface area (Å²) in [7, 11) is 0. The first-order valence-electron chi connectivity index (χ1n) is 12.3. The molecule has 0 spiro atoms. The van der Waals surface area contributed by atoms with Crippen molar-refractivity contribution < 1.29 is 0 Å². The van der Waals surface area contributed by atoms with Crippen LogP contribution in [-0.2, 0) is 12.8 Å². The molecule has 0 bridgehead atoms. The first-order chi connectivity index (χ1) is 17.4. The summed E-state index contributed by atoms with van der Waals surface area (Å²) in [5.41, 5.74) is 15.7. The Bertz CT molecular complexity index is 2060. The van der Waals surface area contributed by atoms with E-state index in [-0.39, 0.29) is 0 Å². The zero-order valence-electron chi connectivity index (χ0n) is 19.0. The van der Waals surface area contributed by atoms with Gasteiger partial charge in [-0.05, 0) is 80.9 Å². The van der Waals surface area contributed by atoms with Gasteiger partial charge >= 0.3 is 0 Å². The number of nitrogens with zero attached hydrogens (tertiary/aromatic N) is 2. The average molecular weight is 445 g/mol. The Kier molecular flexibility index (Phi) is 3.16. The first kappa shape index (κ1) is 18.0. The third-order valence-corrected chi connectivity index (χ3v) is 8.19. The lowest BCUT2D eigenvalue weighted by atomic mass is 9.92. The normalized spacial score (nSPS) is 13.5. The van der Waals surface area contributed by atoms with Crippen molar-refractivity contribution in [1.29, 1.82) is 0 Å². The number of imidazole rings is 1. The van der Waals surface area contributed by atoms with E-state index < -0.39 is 0 Å². The van der Waals surface area contributed by atoms with Crippen LogP contribution in [0.3, 0.4) is 0 Å². The van der Waals surface area contributed by atoms with Gasteiger partial charge in [-0.1, -0.05) is 78.9 Å². The van der Waals surface area contributed by atoms with E-state index in [1.807, 2.05) is 0 Å². The van der Waals surface area contributed by atoms with Crippen LogP contribution in [0.5, 0.6) is 0 Å². The van der Waals surface area contributed by atoms with E-state index in [0.29, 0.717) is 0 Å². The van der Waals surface area contributed by atoms with E-state index in [9.17, 15) is 0 Å². The molecule has 0 N–H and O–H groups in total. The SMILES string of the molecule is c1ccc2c(c1)Cc1ccc3c(c1-2)c1ccc2c(c1c1nc4ccccc4n31)-c1ccccc1C2. The second-order valence-corrected chi connectivity index (χ2v) is 9.94. The van der Waals surface area contributed by atoms with E-state index in [4.69, 9.17) is 4.98 Å². The van der Waals surface area contributed by atoms with Crippen LogP contribution in [-0.4, -0.2) is 9.38 Å². The van der Waals surface area contributed by atoms with Crippen LogP contribution < -0.4 is 0 Å². The molecule has 9 rings (SSSR count). The summed E-state index contributed by atoms with van der Waals surface area (Å²) in [6.45, 7) is 0. The number of benzene rings is 5. The number of rotatable bonds is 0. The van der Waals surface area contributed by atoms with Crippen LogP contribution in [0.1, 0.15) is 22.3 Å². The quantitative estimate of drug-likeness (QED) is 0.217. The van der Waals surface area contributed by atoms with Crippen molar-refractivity contribution >= 4 is 38.4 Å². The van der Waals surface area contributed by atoms with Crippen molar-refractivity contribution in [3.63, 3.8) is 0 Å². The fourth-order valence-electron chi connectivity index (χ4n) is 6.77.